The average molecular weight is 187 g/mol. The van der Waals surface area contributed by atoms with Crippen LogP contribution in [0.4, 0.5) is 0 Å². The minimum atomic E-state index is -0.0243. The third-order valence-electron chi connectivity index (χ3n) is 2.50. The molecular formula is C11H25NO. The third kappa shape index (κ3) is 3.28. The second-order valence-corrected chi connectivity index (χ2v) is 5.14. The highest BCUT2D eigenvalue weighted by Gasteiger charge is 2.43. The maximum atomic E-state index is 9.62. The molecule has 0 aromatic carbocycles. The molecule has 1 N–H and O–H groups in total. The van der Waals surface area contributed by atoms with Crippen molar-refractivity contribution >= 4 is 0 Å². The molecule has 1 saturated heterocycles. The molecule has 0 amide bonds. The zero-order valence-corrected chi connectivity index (χ0v) is 10.0. The van der Waals surface area contributed by atoms with Crippen LogP contribution in [0.3, 0.4) is 0 Å². The molecule has 80 valence electrons. The van der Waals surface area contributed by atoms with Crippen LogP contribution < -0.4 is 0 Å². The van der Waals surface area contributed by atoms with E-state index in [1.807, 2.05) is 0 Å². The van der Waals surface area contributed by atoms with Gasteiger partial charge in [-0.25, -0.2) is 0 Å². The van der Waals surface area contributed by atoms with E-state index in [4.69, 9.17) is 0 Å². The van der Waals surface area contributed by atoms with Gasteiger partial charge in [0.2, 0.25) is 0 Å². The summed E-state index contributed by atoms with van der Waals surface area (Å²) in [5.74, 6) is 0. The predicted octanol–water partition coefficient (Wildman–Crippen LogP) is 3.44. The summed E-state index contributed by atoms with van der Waals surface area (Å²) in [4.78, 5) is 0. The molecule has 1 aliphatic heterocycles. The van der Waals surface area contributed by atoms with Crippen molar-refractivity contribution < 1.29 is 5.21 Å². The summed E-state index contributed by atoms with van der Waals surface area (Å²) >= 11 is 0. The standard InChI is InChI=1S/C8H17NO.C3H8/c1-7(2)5-6-8(3,4)9(7)10;1-3-2/h10H,5-6H2,1-4H3;3H2,1-2H3. The largest absolute Gasteiger partial charge is 0.313 e. The number of hydrogen-bond acceptors (Lipinski definition) is 2. The lowest BCUT2D eigenvalue weighted by Gasteiger charge is -2.34. The fourth-order valence-corrected chi connectivity index (χ4v) is 1.64. The highest BCUT2D eigenvalue weighted by molar-refractivity contribution is 4.95. The van der Waals surface area contributed by atoms with Crippen LogP contribution in [-0.2, 0) is 0 Å². The van der Waals surface area contributed by atoms with Crippen LogP contribution in [0.15, 0.2) is 0 Å². The summed E-state index contributed by atoms with van der Waals surface area (Å²) in [5, 5.41) is 11.1. The van der Waals surface area contributed by atoms with Gasteiger partial charge in [-0.2, -0.15) is 5.06 Å². The monoisotopic (exact) mass is 187 g/mol. The molecule has 0 aromatic rings. The Kier molecular flexibility index (Phi) is 4.40. The van der Waals surface area contributed by atoms with Crippen molar-refractivity contribution in [3.8, 4) is 0 Å². The zero-order valence-electron chi connectivity index (χ0n) is 10.0. The van der Waals surface area contributed by atoms with E-state index >= 15 is 0 Å². The summed E-state index contributed by atoms with van der Waals surface area (Å²) in [6, 6.07) is 0. The molecule has 1 aliphatic rings. The number of hydroxylamine groups is 2. The molecule has 0 radical (unpaired) electrons. The molecule has 0 unspecified atom stereocenters. The van der Waals surface area contributed by atoms with Gasteiger partial charge < -0.3 is 5.21 Å². The normalized spacial score (nSPS) is 25.2. The first kappa shape index (κ1) is 12.9. The van der Waals surface area contributed by atoms with Crippen LogP contribution in [0.5, 0.6) is 0 Å². The van der Waals surface area contributed by atoms with E-state index in [1.54, 1.807) is 0 Å². The van der Waals surface area contributed by atoms with Crippen molar-refractivity contribution in [2.24, 2.45) is 0 Å². The first-order valence-electron chi connectivity index (χ1n) is 5.27. The van der Waals surface area contributed by atoms with Crippen LogP contribution in [0, 0.1) is 0 Å². The number of hydrogen-bond donors (Lipinski definition) is 1. The SMILES string of the molecule is CC1(C)CCC(C)(C)N1O.CCC. The van der Waals surface area contributed by atoms with E-state index < -0.39 is 0 Å². The number of rotatable bonds is 0. The van der Waals surface area contributed by atoms with Gasteiger partial charge >= 0.3 is 0 Å². The highest BCUT2D eigenvalue weighted by Crippen LogP contribution is 2.38. The fourth-order valence-electron chi connectivity index (χ4n) is 1.64. The van der Waals surface area contributed by atoms with Crippen molar-refractivity contribution in [1.82, 2.24) is 5.06 Å². The molecule has 1 heterocycles. The molecule has 0 bridgehead atoms. The van der Waals surface area contributed by atoms with Gasteiger partial charge in [-0.1, -0.05) is 20.3 Å². The van der Waals surface area contributed by atoms with Gasteiger partial charge in [0.15, 0.2) is 0 Å². The van der Waals surface area contributed by atoms with Crippen molar-refractivity contribution in [2.45, 2.75) is 71.9 Å². The Labute approximate surface area is 82.9 Å². The van der Waals surface area contributed by atoms with E-state index in [9.17, 15) is 5.21 Å². The Balaban J connectivity index is 0.000000424. The van der Waals surface area contributed by atoms with Gasteiger partial charge in [0.1, 0.15) is 0 Å². The van der Waals surface area contributed by atoms with E-state index in [2.05, 4.69) is 41.5 Å². The van der Waals surface area contributed by atoms with Crippen LogP contribution >= 0.6 is 0 Å². The molecule has 1 rings (SSSR count). The van der Waals surface area contributed by atoms with Gasteiger partial charge in [0.05, 0.1) is 0 Å². The lowest BCUT2D eigenvalue weighted by Crippen LogP contribution is -2.45. The summed E-state index contributed by atoms with van der Waals surface area (Å²) in [6.45, 7) is 12.5. The summed E-state index contributed by atoms with van der Waals surface area (Å²) in [5.41, 5.74) is -0.0486. The van der Waals surface area contributed by atoms with Crippen LogP contribution in [0.2, 0.25) is 0 Å². The van der Waals surface area contributed by atoms with E-state index in [0.29, 0.717) is 0 Å². The fraction of sp³-hybridized carbons (Fsp3) is 1.00. The van der Waals surface area contributed by atoms with Gasteiger partial charge in [0, 0.05) is 11.1 Å². The van der Waals surface area contributed by atoms with Gasteiger partial charge in [-0.15, -0.1) is 0 Å². The minimum Gasteiger partial charge on any atom is -0.313 e. The highest BCUT2D eigenvalue weighted by atomic mass is 16.5. The third-order valence-corrected chi connectivity index (χ3v) is 2.50. The van der Waals surface area contributed by atoms with Crippen LogP contribution in [0.1, 0.15) is 60.8 Å². The Morgan fingerprint density at radius 3 is 1.31 bits per heavy atom. The predicted molar refractivity (Wildman–Crippen MR) is 57.0 cm³/mol. The topological polar surface area (TPSA) is 23.5 Å². The molecule has 0 aliphatic carbocycles. The molecule has 2 heteroatoms. The van der Waals surface area contributed by atoms with Crippen LogP contribution in [-0.4, -0.2) is 21.3 Å². The van der Waals surface area contributed by atoms with Gasteiger partial charge in [-0.05, 0) is 40.5 Å². The first-order valence-corrected chi connectivity index (χ1v) is 5.27. The Morgan fingerprint density at radius 1 is 1.00 bits per heavy atom. The van der Waals surface area contributed by atoms with Gasteiger partial charge in [-0.3, -0.25) is 0 Å². The maximum Gasteiger partial charge on any atom is 0.0411 e. The van der Waals surface area contributed by atoms with Crippen molar-refractivity contribution in [3.63, 3.8) is 0 Å². The average Bonchev–Trinajstić information content (AvgIpc) is 2.17. The lowest BCUT2D eigenvalue weighted by atomic mass is 10.0. The molecule has 1 fully saturated rings. The summed E-state index contributed by atoms with van der Waals surface area (Å²) in [7, 11) is 0. The van der Waals surface area contributed by atoms with E-state index in [1.165, 1.54) is 11.5 Å². The quantitative estimate of drug-likeness (QED) is 0.628. The summed E-state index contributed by atoms with van der Waals surface area (Å²) < 4.78 is 0. The Hall–Kier alpha value is -0.0800. The van der Waals surface area contributed by atoms with E-state index in [-0.39, 0.29) is 11.1 Å². The molecular weight excluding hydrogens is 162 g/mol. The molecule has 2 nitrogen and oxygen atoms in total. The van der Waals surface area contributed by atoms with Crippen molar-refractivity contribution in [3.05, 3.63) is 0 Å². The molecule has 0 aromatic heterocycles. The molecule has 0 saturated carbocycles. The summed E-state index contributed by atoms with van der Waals surface area (Å²) in [6.07, 6.45) is 3.41. The minimum absolute atomic E-state index is 0.0243. The molecule has 13 heavy (non-hydrogen) atoms. The van der Waals surface area contributed by atoms with Crippen molar-refractivity contribution in [2.75, 3.05) is 0 Å². The maximum absolute atomic E-state index is 9.62. The molecule has 0 spiro atoms. The second kappa shape index (κ2) is 4.43. The van der Waals surface area contributed by atoms with Crippen LogP contribution in [0.25, 0.3) is 0 Å². The second-order valence-electron chi connectivity index (χ2n) is 5.14. The van der Waals surface area contributed by atoms with Gasteiger partial charge in [0.25, 0.3) is 0 Å². The Morgan fingerprint density at radius 2 is 1.23 bits per heavy atom. The smallest absolute Gasteiger partial charge is 0.0411 e. The van der Waals surface area contributed by atoms with E-state index in [0.717, 1.165) is 12.8 Å². The lowest BCUT2D eigenvalue weighted by molar-refractivity contribution is -0.191. The molecule has 0 atom stereocenters. The number of nitrogens with zero attached hydrogens (tertiary/aromatic N) is 1. The first-order chi connectivity index (χ1) is 5.78. The van der Waals surface area contributed by atoms with Crippen molar-refractivity contribution in [1.29, 1.82) is 0 Å². The Bertz CT molecular complexity index is 136. The zero-order chi connectivity index (χ0) is 10.7.